The summed E-state index contributed by atoms with van der Waals surface area (Å²) in [5.74, 6) is 0.108. The summed E-state index contributed by atoms with van der Waals surface area (Å²) < 4.78 is 44.6. The minimum Gasteiger partial charge on any atom is -0.337 e. The molecule has 0 aliphatic rings. The first-order valence-electron chi connectivity index (χ1n) is 7.63. The largest absolute Gasteiger partial charge is 0.337 e. The van der Waals surface area contributed by atoms with Crippen molar-refractivity contribution in [2.75, 3.05) is 22.1 Å². The summed E-state index contributed by atoms with van der Waals surface area (Å²) in [6, 6.07) is 6.12. The predicted octanol–water partition coefficient (Wildman–Crippen LogP) is 3.82. The Labute approximate surface area is 142 Å². The van der Waals surface area contributed by atoms with Crippen molar-refractivity contribution in [1.82, 2.24) is 5.16 Å². The molecule has 0 radical (unpaired) electrons. The van der Waals surface area contributed by atoms with Crippen LogP contribution in [0.5, 0.6) is 0 Å². The first-order valence-corrected chi connectivity index (χ1v) is 11.2. The van der Waals surface area contributed by atoms with Crippen LogP contribution in [0.4, 0.5) is 11.6 Å². The molecule has 2 N–H and O–H groups in total. The van der Waals surface area contributed by atoms with Crippen LogP contribution in [-0.2, 0) is 14.6 Å². The van der Waals surface area contributed by atoms with E-state index in [0.717, 1.165) is 0 Å². The Bertz CT molecular complexity index is 851. The molecule has 0 bridgehead atoms. The van der Waals surface area contributed by atoms with Crippen LogP contribution < -0.4 is 9.81 Å². The van der Waals surface area contributed by atoms with Gasteiger partial charge in [0.2, 0.25) is 5.88 Å². The number of rotatable bonds is 7. The first kappa shape index (κ1) is 18.5. The molecule has 0 atom stereocenters. The maximum atomic E-state index is 12.4. The van der Waals surface area contributed by atoms with Crippen LogP contribution >= 0.6 is 7.29 Å². The summed E-state index contributed by atoms with van der Waals surface area (Å²) in [4.78, 5) is 0.0873. The molecule has 7 nitrogen and oxygen atoms in total. The van der Waals surface area contributed by atoms with Crippen LogP contribution in [-0.4, -0.2) is 25.9 Å². The number of benzene rings is 1. The second-order valence-electron chi connectivity index (χ2n) is 5.49. The summed E-state index contributed by atoms with van der Waals surface area (Å²) in [7, 11) is -6.23. The van der Waals surface area contributed by atoms with Gasteiger partial charge in [-0.15, -0.1) is 0 Å². The van der Waals surface area contributed by atoms with Gasteiger partial charge in [-0.2, -0.15) is 0 Å². The first-order chi connectivity index (χ1) is 11.2. The Balaban J connectivity index is 2.20. The fourth-order valence-corrected chi connectivity index (χ4v) is 4.45. The van der Waals surface area contributed by atoms with Gasteiger partial charge in [0.05, 0.1) is 10.6 Å². The lowest BCUT2D eigenvalue weighted by Gasteiger charge is -2.17. The van der Waals surface area contributed by atoms with E-state index in [0.29, 0.717) is 29.3 Å². The van der Waals surface area contributed by atoms with E-state index >= 15 is 0 Å². The van der Waals surface area contributed by atoms with Crippen LogP contribution in [0.2, 0.25) is 0 Å². The van der Waals surface area contributed by atoms with E-state index in [9.17, 15) is 13.0 Å². The molecule has 0 aliphatic heterocycles. The molecule has 1 aromatic carbocycles. The molecule has 1 aromatic heterocycles. The molecule has 0 unspecified atom stereocenters. The van der Waals surface area contributed by atoms with E-state index in [1.807, 2.05) is 13.8 Å². The predicted molar refractivity (Wildman–Crippen MR) is 95.5 cm³/mol. The number of aromatic nitrogens is 1. The molecule has 0 aliphatic carbocycles. The molecule has 24 heavy (non-hydrogen) atoms. The van der Waals surface area contributed by atoms with Crippen molar-refractivity contribution in [3.05, 3.63) is 35.5 Å². The van der Waals surface area contributed by atoms with Crippen molar-refractivity contribution in [2.45, 2.75) is 32.6 Å². The molecule has 2 aromatic rings. The Hall–Kier alpha value is -1.79. The Morgan fingerprint density at radius 2 is 1.71 bits per heavy atom. The molecule has 0 saturated heterocycles. The summed E-state index contributed by atoms with van der Waals surface area (Å²) in [6.45, 7) is 7.18. The minimum atomic E-state index is -3.77. The summed E-state index contributed by atoms with van der Waals surface area (Å²) in [5.41, 5.74) is 1.90. The molecular weight excluding hydrogens is 349 g/mol. The van der Waals surface area contributed by atoms with E-state index in [1.165, 1.54) is 12.1 Å². The maximum Gasteiger partial charge on any atom is 0.264 e. The van der Waals surface area contributed by atoms with Crippen molar-refractivity contribution in [3.63, 3.8) is 0 Å². The zero-order chi connectivity index (χ0) is 18.0. The maximum absolute atomic E-state index is 12.4. The van der Waals surface area contributed by atoms with Gasteiger partial charge in [0.25, 0.3) is 10.0 Å². The number of aryl methyl sites for hydroxylation is 1. The second-order valence-corrected chi connectivity index (χ2v) is 10.4. The highest BCUT2D eigenvalue weighted by Crippen LogP contribution is 2.44. The second kappa shape index (κ2) is 6.99. The van der Waals surface area contributed by atoms with Gasteiger partial charge in [0.15, 0.2) is 7.29 Å². The number of hydrogen-bond acceptors (Lipinski definition) is 5. The average molecular weight is 371 g/mol. The topological polar surface area (TPSA) is 101 Å². The standard InChI is InChI=1S/C15H22N3O4PS/c1-5-23(19,6-2)17-13-7-9-14(10-8-13)24(20,21)18-15-11(3)12(4)16-22-15/h7-10,18H,5-6H2,1-4H3,(H,17,19). The van der Waals surface area contributed by atoms with Crippen LogP contribution in [0, 0.1) is 13.8 Å². The van der Waals surface area contributed by atoms with Crippen LogP contribution in [0.1, 0.15) is 25.1 Å². The van der Waals surface area contributed by atoms with Gasteiger partial charge in [-0.3, -0.25) is 0 Å². The van der Waals surface area contributed by atoms with E-state index in [1.54, 1.807) is 26.0 Å². The monoisotopic (exact) mass is 371 g/mol. The summed E-state index contributed by atoms with van der Waals surface area (Å²) in [6.07, 6.45) is 1.07. The van der Waals surface area contributed by atoms with Gasteiger partial charge in [0.1, 0.15) is 0 Å². The smallest absolute Gasteiger partial charge is 0.264 e. The molecule has 1 heterocycles. The quantitative estimate of drug-likeness (QED) is 0.718. The lowest BCUT2D eigenvalue weighted by molar-refractivity contribution is 0.430. The number of nitrogens with one attached hydrogen (secondary N) is 2. The van der Waals surface area contributed by atoms with E-state index < -0.39 is 17.3 Å². The van der Waals surface area contributed by atoms with E-state index in [4.69, 9.17) is 4.52 Å². The Kier molecular flexibility index (Phi) is 5.40. The van der Waals surface area contributed by atoms with Crippen molar-refractivity contribution in [3.8, 4) is 0 Å². The summed E-state index contributed by atoms with van der Waals surface area (Å²) in [5, 5.41) is 6.73. The number of sulfonamides is 1. The fraction of sp³-hybridized carbons (Fsp3) is 0.400. The third-order valence-electron chi connectivity index (χ3n) is 3.90. The van der Waals surface area contributed by atoms with Gasteiger partial charge in [-0.05, 0) is 38.1 Å². The SMILES string of the molecule is CCP(=O)(CC)Nc1ccc(S(=O)(=O)Nc2onc(C)c2C)cc1. The number of nitrogens with zero attached hydrogens (tertiary/aromatic N) is 1. The van der Waals surface area contributed by atoms with Gasteiger partial charge >= 0.3 is 0 Å². The third-order valence-corrected chi connectivity index (χ3v) is 7.96. The molecule has 0 amide bonds. The highest BCUT2D eigenvalue weighted by Gasteiger charge is 2.20. The van der Waals surface area contributed by atoms with E-state index in [-0.39, 0.29) is 10.8 Å². The molecule has 132 valence electrons. The Morgan fingerprint density at radius 1 is 1.12 bits per heavy atom. The zero-order valence-corrected chi connectivity index (χ0v) is 15.9. The highest BCUT2D eigenvalue weighted by atomic mass is 32.2. The average Bonchev–Trinajstić information content (AvgIpc) is 2.87. The normalized spacial score (nSPS) is 12.2. The third kappa shape index (κ3) is 3.99. The fourth-order valence-electron chi connectivity index (χ4n) is 2.02. The van der Waals surface area contributed by atoms with Gasteiger partial charge in [-0.1, -0.05) is 19.0 Å². The van der Waals surface area contributed by atoms with Crippen LogP contribution in [0.3, 0.4) is 0 Å². The number of hydrogen-bond donors (Lipinski definition) is 2. The molecule has 0 fully saturated rings. The molecule has 0 saturated carbocycles. The van der Waals surface area contributed by atoms with E-state index in [2.05, 4.69) is 15.0 Å². The van der Waals surface area contributed by atoms with Crippen LogP contribution in [0.25, 0.3) is 0 Å². The summed E-state index contributed by atoms with van der Waals surface area (Å²) >= 11 is 0. The lowest BCUT2D eigenvalue weighted by Crippen LogP contribution is -2.13. The van der Waals surface area contributed by atoms with Crippen molar-refractivity contribution in [1.29, 1.82) is 0 Å². The lowest BCUT2D eigenvalue weighted by atomic mass is 10.3. The Morgan fingerprint density at radius 3 is 2.17 bits per heavy atom. The van der Waals surface area contributed by atoms with Gasteiger partial charge < -0.3 is 14.2 Å². The van der Waals surface area contributed by atoms with Crippen molar-refractivity contribution in [2.24, 2.45) is 0 Å². The van der Waals surface area contributed by atoms with Crippen molar-refractivity contribution < 1.29 is 17.5 Å². The minimum absolute atomic E-state index is 0.0873. The molecule has 2 rings (SSSR count). The highest BCUT2D eigenvalue weighted by molar-refractivity contribution is 7.92. The van der Waals surface area contributed by atoms with Crippen LogP contribution in [0.15, 0.2) is 33.7 Å². The molecule has 0 spiro atoms. The van der Waals surface area contributed by atoms with Gasteiger partial charge in [0, 0.05) is 23.6 Å². The number of anilines is 2. The molecule has 9 heteroatoms. The molecular formula is C15H22N3O4PS. The zero-order valence-electron chi connectivity index (χ0n) is 14.2. The van der Waals surface area contributed by atoms with Gasteiger partial charge in [-0.25, -0.2) is 13.1 Å². The van der Waals surface area contributed by atoms with Crippen molar-refractivity contribution >= 4 is 28.9 Å².